The van der Waals surface area contributed by atoms with Crippen molar-refractivity contribution in [3.05, 3.63) is 0 Å². The lowest BCUT2D eigenvalue weighted by Gasteiger charge is -2.40. The summed E-state index contributed by atoms with van der Waals surface area (Å²) in [6.07, 6.45) is 2.67. The van der Waals surface area contributed by atoms with Gasteiger partial charge in [-0.05, 0) is 25.7 Å². The standard InChI is InChI=1S/C12H20N2O5/c1-19-12(5-2-6-12)7-10(16)14-8(11(17)18)3-4-9(13)15/h8H,2-7H2,1H3,(H2,13,15)(H,14,16)(H,17,18). The van der Waals surface area contributed by atoms with Crippen molar-refractivity contribution in [1.29, 1.82) is 0 Å². The van der Waals surface area contributed by atoms with Gasteiger partial charge in [-0.1, -0.05) is 0 Å². The van der Waals surface area contributed by atoms with Crippen LogP contribution in [0.15, 0.2) is 0 Å². The molecule has 1 unspecified atom stereocenters. The highest BCUT2D eigenvalue weighted by Gasteiger charge is 2.39. The molecule has 7 nitrogen and oxygen atoms in total. The van der Waals surface area contributed by atoms with Crippen molar-refractivity contribution < 1.29 is 24.2 Å². The van der Waals surface area contributed by atoms with Gasteiger partial charge in [0.05, 0.1) is 12.0 Å². The van der Waals surface area contributed by atoms with Crippen molar-refractivity contribution >= 4 is 17.8 Å². The molecule has 1 aliphatic carbocycles. The Morgan fingerprint density at radius 1 is 1.42 bits per heavy atom. The number of carbonyl (C=O) groups excluding carboxylic acids is 2. The van der Waals surface area contributed by atoms with Gasteiger partial charge in [0.25, 0.3) is 0 Å². The zero-order valence-electron chi connectivity index (χ0n) is 11.0. The largest absolute Gasteiger partial charge is 0.480 e. The van der Waals surface area contributed by atoms with Crippen molar-refractivity contribution in [2.45, 2.75) is 50.2 Å². The van der Waals surface area contributed by atoms with Crippen LogP contribution in [0.1, 0.15) is 38.5 Å². The Hall–Kier alpha value is -1.63. The molecule has 0 heterocycles. The maximum absolute atomic E-state index is 11.8. The van der Waals surface area contributed by atoms with Crippen molar-refractivity contribution in [3.63, 3.8) is 0 Å². The second-order valence-corrected chi connectivity index (χ2v) is 4.88. The first-order valence-corrected chi connectivity index (χ1v) is 6.24. The van der Waals surface area contributed by atoms with Crippen LogP contribution in [0.25, 0.3) is 0 Å². The summed E-state index contributed by atoms with van der Waals surface area (Å²) in [6, 6.07) is -1.09. The summed E-state index contributed by atoms with van der Waals surface area (Å²) in [7, 11) is 1.55. The summed E-state index contributed by atoms with van der Waals surface area (Å²) in [5, 5.41) is 11.4. The molecule has 0 spiro atoms. The quantitative estimate of drug-likeness (QED) is 0.564. The minimum Gasteiger partial charge on any atom is -0.480 e. The highest BCUT2D eigenvalue weighted by molar-refractivity contribution is 5.84. The van der Waals surface area contributed by atoms with E-state index in [0.717, 1.165) is 19.3 Å². The van der Waals surface area contributed by atoms with Gasteiger partial charge in [-0.2, -0.15) is 0 Å². The van der Waals surface area contributed by atoms with Gasteiger partial charge in [-0.3, -0.25) is 9.59 Å². The fourth-order valence-corrected chi connectivity index (χ4v) is 2.11. The van der Waals surface area contributed by atoms with Gasteiger partial charge in [0.2, 0.25) is 11.8 Å². The van der Waals surface area contributed by atoms with E-state index in [0.29, 0.717) is 0 Å². The van der Waals surface area contributed by atoms with Crippen LogP contribution in [-0.4, -0.2) is 41.6 Å². The van der Waals surface area contributed by atoms with Gasteiger partial charge < -0.3 is 20.9 Å². The Bertz CT molecular complexity index is 360. The molecule has 1 atom stereocenters. The minimum atomic E-state index is -1.17. The number of carbonyl (C=O) groups is 3. The number of nitrogens with two attached hydrogens (primary N) is 1. The number of nitrogens with one attached hydrogen (secondary N) is 1. The molecule has 4 N–H and O–H groups in total. The molecule has 0 aromatic rings. The topological polar surface area (TPSA) is 119 Å². The van der Waals surface area contributed by atoms with Crippen LogP contribution >= 0.6 is 0 Å². The van der Waals surface area contributed by atoms with Crippen LogP contribution in [0.3, 0.4) is 0 Å². The normalized spacial score (nSPS) is 18.2. The first kappa shape index (κ1) is 15.4. The molecule has 1 saturated carbocycles. The van der Waals surface area contributed by atoms with E-state index in [1.165, 1.54) is 0 Å². The fourth-order valence-electron chi connectivity index (χ4n) is 2.11. The molecule has 108 valence electrons. The predicted molar refractivity (Wildman–Crippen MR) is 66.2 cm³/mol. The summed E-state index contributed by atoms with van der Waals surface area (Å²) in [4.78, 5) is 33.4. The molecule has 2 amide bonds. The molecule has 1 rings (SSSR count). The third-order valence-electron chi connectivity index (χ3n) is 3.49. The van der Waals surface area contributed by atoms with E-state index in [1.807, 2.05) is 0 Å². The molecule has 0 aromatic heterocycles. The van der Waals surface area contributed by atoms with Crippen molar-refractivity contribution in [3.8, 4) is 0 Å². The molecule has 1 fully saturated rings. The summed E-state index contributed by atoms with van der Waals surface area (Å²) < 4.78 is 5.30. The van der Waals surface area contributed by atoms with E-state index in [-0.39, 0.29) is 25.2 Å². The molecular weight excluding hydrogens is 252 g/mol. The van der Waals surface area contributed by atoms with Crippen LogP contribution < -0.4 is 11.1 Å². The van der Waals surface area contributed by atoms with Crippen molar-refractivity contribution in [2.24, 2.45) is 5.73 Å². The molecular formula is C12H20N2O5. The first-order valence-electron chi connectivity index (χ1n) is 6.24. The van der Waals surface area contributed by atoms with Crippen molar-refractivity contribution in [1.82, 2.24) is 5.32 Å². The first-order chi connectivity index (χ1) is 8.88. The summed E-state index contributed by atoms with van der Waals surface area (Å²) in [6.45, 7) is 0. The van der Waals surface area contributed by atoms with E-state index in [4.69, 9.17) is 15.6 Å². The third kappa shape index (κ3) is 4.51. The molecule has 0 aromatic carbocycles. The monoisotopic (exact) mass is 272 g/mol. The number of rotatable bonds is 8. The molecule has 1 aliphatic rings. The number of amides is 2. The Labute approximate surface area is 111 Å². The second kappa shape index (κ2) is 6.51. The van der Waals surface area contributed by atoms with E-state index >= 15 is 0 Å². The van der Waals surface area contributed by atoms with Crippen LogP contribution in [0.5, 0.6) is 0 Å². The average Bonchev–Trinajstić information content (AvgIpc) is 2.28. The van der Waals surface area contributed by atoms with Crippen LogP contribution in [-0.2, 0) is 19.1 Å². The van der Waals surface area contributed by atoms with Gasteiger partial charge >= 0.3 is 5.97 Å². The number of methoxy groups -OCH3 is 1. The number of primary amides is 1. The number of hydrogen-bond acceptors (Lipinski definition) is 4. The van der Waals surface area contributed by atoms with E-state index in [2.05, 4.69) is 5.32 Å². The predicted octanol–water partition coefficient (Wildman–Crippen LogP) is -0.219. The molecule has 0 radical (unpaired) electrons. The number of ether oxygens (including phenoxy) is 1. The maximum atomic E-state index is 11.8. The SMILES string of the molecule is COC1(CC(=O)NC(CCC(N)=O)C(=O)O)CCC1. The van der Waals surface area contributed by atoms with Crippen LogP contribution in [0.4, 0.5) is 0 Å². The lowest BCUT2D eigenvalue weighted by Crippen LogP contribution is -2.48. The Morgan fingerprint density at radius 2 is 2.05 bits per heavy atom. The molecule has 7 heteroatoms. The lowest BCUT2D eigenvalue weighted by atomic mass is 9.77. The highest BCUT2D eigenvalue weighted by Crippen LogP contribution is 2.37. The zero-order chi connectivity index (χ0) is 14.5. The van der Waals surface area contributed by atoms with E-state index < -0.39 is 23.5 Å². The van der Waals surface area contributed by atoms with Gasteiger partial charge in [0.1, 0.15) is 6.04 Å². The summed E-state index contributed by atoms with van der Waals surface area (Å²) >= 11 is 0. The van der Waals surface area contributed by atoms with Crippen molar-refractivity contribution in [2.75, 3.05) is 7.11 Å². The third-order valence-corrected chi connectivity index (χ3v) is 3.49. The number of aliphatic carboxylic acids is 1. The Balaban J connectivity index is 2.47. The fraction of sp³-hybridized carbons (Fsp3) is 0.750. The summed E-state index contributed by atoms with van der Waals surface area (Å²) in [5.41, 5.74) is 4.51. The van der Waals surface area contributed by atoms with Gasteiger partial charge in [0, 0.05) is 13.5 Å². The number of hydrogen-bond donors (Lipinski definition) is 3. The van der Waals surface area contributed by atoms with Crippen LogP contribution in [0.2, 0.25) is 0 Å². The van der Waals surface area contributed by atoms with Gasteiger partial charge in [0.15, 0.2) is 0 Å². The highest BCUT2D eigenvalue weighted by atomic mass is 16.5. The average molecular weight is 272 g/mol. The van der Waals surface area contributed by atoms with Crippen LogP contribution in [0, 0.1) is 0 Å². The summed E-state index contributed by atoms with van der Waals surface area (Å²) in [5.74, 6) is -2.14. The smallest absolute Gasteiger partial charge is 0.326 e. The Morgan fingerprint density at radius 3 is 2.42 bits per heavy atom. The Kier molecular flexibility index (Phi) is 5.29. The number of carboxylic acid groups (broad SMARTS) is 1. The molecule has 0 saturated heterocycles. The van der Waals surface area contributed by atoms with E-state index in [9.17, 15) is 14.4 Å². The second-order valence-electron chi connectivity index (χ2n) is 4.88. The maximum Gasteiger partial charge on any atom is 0.326 e. The van der Waals surface area contributed by atoms with Gasteiger partial charge in [-0.25, -0.2) is 4.79 Å². The molecule has 0 aliphatic heterocycles. The van der Waals surface area contributed by atoms with Gasteiger partial charge in [-0.15, -0.1) is 0 Å². The van der Waals surface area contributed by atoms with E-state index in [1.54, 1.807) is 7.11 Å². The lowest BCUT2D eigenvalue weighted by molar-refractivity contribution is -0.145. The minimum absolute atomic E-state index is 0.00358. The molecule has 19 heavy (non-hydrogen) atoms. The zero-order valence-corrected chi connectivity index (χ0v) is 11.0. The number of carboxylic acids is 1. The molecule has 0 bridgehead atoms.